The molecule has 0 spiro atoms. The zero-order valence-electron chi connectivity index (χ0n) is 20.8. The topological polar surface area (TPSA) is 96.0 Å². The van der Waals surface area contributed by atoms with E-state index in [1.807, 2.05) is 31.2 Å². The lowest BCUT2D eigenvalue weighted by Crippen LogP contribution is -2.58. The minimum Gasteiger partial charge on any atom is -0.483 e. The molecule has 2 aromatic rings. The molecule has 2 aromatic carbocycles. The average Bonchev–Trinajstić information content (AvgIpc) is 3.67. The fraction of sp³-hybridized carbons (Fsp3) is 0.462. The first-order chi connectivity index (χ1) is 17.5. The van der Waals surface area contributed by atoms with Crippen LogP contribution >= 0.6 is 23.2 Å². The number of benzene rings is 2. The fourth-order valence-electron chi connectivity index (χ4n) is 4.44. The van der Waals surface area contributed by atoms with Crippen LogP contribution in [-0.2, 0) is 31.9 Å². The second-order valence-electron chi connectivity index (χ2n) is 9.84. The van der Waals surface area contributed by atoms with E-state index in [9.17, 15) is 18.0 Å². The molecule has 0 aromatic heterocycles. The van der Waals surface area contributed by atoms with E-state index in [4.69, 9.17) is 27.9 Å². The molecule has 1 saturated carbocycles. The van der Waals surface area contributed by atoms with Gasteiger partial charge in [-0.2, -0.15) is 0 Å². The van der Waals surface area contributed by atoms with Crippen molar-refractivity contribution in [1.82, 2.24) is 14.5 Å². The molecule has 2 fully saturated rings. The smallest absolute Gasteiger partial charge is 0.260 e. The van der Waals surface area contributed by atoms with Gasteiger partial charge in [-0.15, -0.1) is 0 Å². The molecule has 1 aliphatic carbocycles. The van der Waals surface area contributed by atoms with Gasteiger partial charge in [0.15, 0.2) is 6.61 Å². The Bertz CT molecular complexity index is 1250. The Hall–Kier alpha value is -2.33. The molecule has 37 heavy (non-hydrogen) atoms. The molecule has 0 radical (unpaired) electrons. The average molecular weight is 569 g/mol. The summed E-state index contributed by atoms with van der Waals surface area (Å²) < 4.78 is 33.0. The van der Waals surface area contributed by atoms with E-state index in [2.05, 4.69) is 16.5 Å². The normalized spacial score (nSPS) is 20.5. The molecule has 1 aliphatic heterocycles. The Morgan fingerprint density at radius 3 is 2.35 bits per heavy atom. The summed E-state index contributed by atoms with van der Waals surface area (Å²) >= 11 is 12.1. The number of rotatable bonds is 9. The Labute approximate surface area is 227 Å². The predicted molar refractivity (Wildman–Crippen MR) is 143 cm³/mol. The van der Waals surface area contributed by atoms with Crippen LogP contribution in [0.4, 0.5) is 0 Å². The number of amides is 2. The van der Waals surface area contributed by atoms with Gasteiger partial charge in [0.05, 0.1) is 5.75 Å². The third-order valence-corrected chi connectivity index (χ3v) is 8.35. The van der Waals surface area contributed by atoms with Crippen LogP contribution in [0.2, 0.25) is 10.0 Å². The molecule has 1 heterocycles. The Morgan fingerprint density at radius 2 is 1.68 bits per heavy atom. The SMILES string of the molecule is C[C@@H]1CN(Cc2ccc(Cl)cc2)[C@@H](C)CN1C(=O)COc1ccc(Cl)cc1CS(=O)(=O)NC(=O)C1CC1. The third kappa shape index (κ3) is 7.60. The van der Waals surface area contributed by atoms with Crippen molar-refractivity contribution in [2.45, 2.75) is 51.1 Å². The largest absolute Gasteiger partial charge is 0.483 e. The van der Waals surface area contributed by atoms with E-state index >= 15 is 0 Å². The van der Waals surface area contributed by atoms with Crippen molar-refractivity contribution in [1.29, 1.82) is 0 Å². The number of carbonyl (C=O) groups is 2. The van der Waals surface area contributed by atoms with Gasteiger partial charge < -0.3 is 9.64 Å². The van der Waals surface area contributed by atoms with Crippen molar-refractivity contribution in [3.05, 3.63) is 63.6 Å². The summed E-state index contributed by atoms with van der Waals surface area (Å²) in [5.74, 6) is -1.15. The summed E-state index contributed by atoms with van der Waals surface area (Å²) in [6, 6.07) is 12.5. The summed E-state index contributed by atoms with van der Waals surface area (Å²) in [6.07, 6.45) is 1.39. The third-order valence-electron chi connectivity index (χ3n) is 6.66. The highest BCUT2D eigenvalue weighted by Crippen LogP contribution is 2.30. The van der Waals surface area contributed by atoms with Crippen LogP contribution < -0.4 is 9.46 Å². The van der Waals surface area contributed by atoms with Crippen molar-refractivity contribution in [3.8, 4) is 5.75 Å². The van der Waals surface area contributed by atoms with Gasteiger partial charge in [0.1, 0.15) is 5.75 Å². The molecule has 11 heteroatoms. The Morgan fingerprint density at radius 1 is 1.00 bits per heavy atom. The zero-order valence-corrected chi connectivity index (χ0v) is 23.2. The predicted octanol–water partition coefficient (Wildman–Crippen LogP) is 3.85. The molecule has 1 N–H and O–H groups in total. The lowest BCUT2D eigenvalue weighted by atomic mass is 10.1. The van der Waals surface area contributed by atoms with Crippen molar-refractivity contribution < 1.29 is 22.7 Å². The second-order valence-corrected chi connectivity index (χ2v) is 12.4. The second kappa shape index (κ2) is 11.6. The number of sulfonamides is 1. The standard InChI is InChI=1S/C26H31Cl2N3O5S/c1-17-13-31(18(2)12-30(17)14-19-3-7-22(27)8-4-19)25(32)15-36-24-10-9-23(28)11-21(24)16-37(34,35)29-26(33)20-5-6-20/h3-4,7-11,17-18,20H,5-6,12-16H2,1-2H3,(H,29,33)/t17-,18+/m0/s1. The minimum atomic E-state index is -3.93. The van der Waals surface area contributed by atoms with Gasteiger partial charge in [-0.25, -0.2) is 8.42 Å². The van der Waals surface area contributed by atoms with E-state index in [-0.39, 0.29) is 41.8 Å². The number of halogens is 2. The monoisotopic (exact) mass is 567 g/mol. The van der Waals surface area contributed by atoms with E-state index in [1.54, 1.807) is 17.0 Å². The Balaban J connectivity index is 1.36. The molecule has 2 atom stereocenters. The van der Waals surface area contributed by atoms with Crippen LogP contribution in [-0.4, -0.2) is 61.8 Å². The van der Waals surface area contributed by atoms with Crippen molar-refractivity contribution in [2.75, 3.05) is 19.7 Å². The fourth-order valence-corrected chi connectivity index (χ4v) is 5.94. The molecule has 8 nitrogen and oxygen atoms in total. The van der Waals surface area contributed by atoms with Crippen LogP contribution in [0.15, 0.2) is 42.5 Å². The van der Waals surface area contributed by atoms with Crippen molar-refractivity contribution in [2.24, 2.45) is 5.92 Å². The molecule has 2 aliphatic rings. The van der Waals surface area contributed by atoms with Crippen LogP contribution in [0.25, 0.3) is 0 Å². The number of nitrogens with one attached hydrogen (secondary N) is 1. The van der Waals surface area contributed by atoms with Gasteiger partial charge in [0, 0.05) is 53.2 Å². The first kappa shape index (κ1) is 27.7. The number of hydrogen-bond acceptors (Lipinski definition) is 6. The molecular weight excluding hydrogens is 537 g/mol. The highest BCUT2D eigenvalue weighted by atomic mass is 35.5. The maximum atomic E-state index is 13.1. The highest BCUT2D eigenvalue weighted by molar-refractivity contribution is 7.89. The maximum absolute atomic E-state index is 13.1. The molecular formula is C26H31Cl2N3O5S. The Kier molecular flexibility index (Phi) is 8.68. The number of nitrogens with zero attached hydrogens (tertiary/aromatic N) is 2. The quantitative estimate of drug-likeness (QED) is 0.494. The first-order valence-electron chi connectivity index (χ1n) is 12.2. The van der Waals surface area contributed by atoms with E-state index < -0.39 is 21.7 Å². The zero-order chi connectivity index (χ0) is 26.7. The molecule has 0 unspecified atom stereocenters. The number of hydrogen-bond donors (Lipinski definition) is 1. The van der Waals surface area contributed by atoms with Gasteiger partial charge >= 0.3 is 0 Å². The molecule has 2 amide bonds. The van der Waals surface area contributed by atoms with E-state index in [1.165, 1.54) is 6.07 Å². The lowest BCUT2D eigenvalue weighted by Gasteiger charge is -2.44. The van der Waals surface area contributed by atoms with Gasteiger partial charge in [-0.1, -0.05) is 35.3 Å². The van der Waals surface area contributed by atoms with Crippen LogP contribution in [0.3, 0.4) is 0 Å². The van der Waals surface area contributed by atoms with Crippen LogP contribution in [0.5, 0.6) is 5.75 Å². The summed E-state index contributed by atoms with van der Waals surface area (Å²) in [5.41, 5.74) is 1.44. The maximum Gasteiger partial charge on any atom is 0.260 e. The van der Waals surface area contributed by atoms with Crippen molar-refractivity contribution >= 4 is 45.0 Å². The minimum absolute atomic E-state index is 0.0256. The van der Waals surface area contributed by atoms with E-state index in [0.29, 0.717) is 36.0 Å². The van der Waals surface area contributed by atoms with Gasteiger partial charge in [-0.3, -0.25) is 19.2 Å². The van der Waals surface area contributed by atoms with Gasteiger partial charge in [-0.05, 0) is 62.6 Å². The summed E-state index contributed by atoms with van der Waals surface area (Å²) in [6.45, 7) is 5.87. The molecule has 0 bridgehead atoms. The van der Waals surface area contributed by atoms with Crippen LogP contribution in [0.1, 0.15) is 37.8 Å². The van der Waals surface area contributed by atoms with Crippen LogP contribution in [0, 0.1) is 5.92 Å². The molecule has 4 rings (SSSR count). The number of carbonyl (C=O) groups excluding carboxylic acids is 2. The number of ether oxygens (including phenoxy) is 1. The first-order valence-corrected chi connectivity index (χ1v) is 14.6. The molecule has 1 saturated heterocycles. The summed E-state index contributed by atoms with van der Waals surface area (Å²) in [7, 11) is -3.93. The van der Waals surface area contributed by atoms with Crippen molar-refractivity contribution in [3.63, 3.8) is 0 Å². The molecule has 200 valence electrons. The van der Waals surface area contributed by atoms with Gasteiger partial charge in [0.25, 0.3) is 5.91 Å². The lowest BCUT2D eigenvalue weighted by molar-refractivity contribution is -0.139. The highest BCUT2D eigenvalue weighted by Gasteiger charge is 2.33. The van der Waals surface area contributed by atoms with E-state index in [0.717, 1.165) is 12.1 Å². The number of piperazine rings is 1. The summed E-state index contributed by atoms with van der Waals surface area (Å²) in [5, 5.41) is 1.03. The summed E-state index contributed by atoms with van der Waals surface area (Å²) in [4.78, 5) is 29.2. The van der Waals surface area contributed by atoms with Gasteiger partial charge in [0.2, 0.25) is 15.9 Å².